The smallest absolute Gasteiger partial charge is 0.239 e. The second-order valence-electron chi connectivity index (χ2n) is 7.55. The second kappa shape index (κ2) is 8.53. The molecule has 0 saturated carbocycles. The number of anilines is 1. The quantitative estimate of drug-likeness (QED) is 0.905. The predicted octanol–water partition coefficient (Wildman–Crippen LogP) is 3.14. The number of carbonyl (C=O) groups excluding carboxylic acids is 1. The van der Waals surface area contributed by atoms with Crippen LogP contribution in [0.5, 0.6) is 0 Å². The summed E-state index contributed by atoms with van der Waals surface area (Å²) in [5.74, 6) is 0.107. The Labute approximate surface area is 161 Å². The van der Waals surface area contributed by atoms with Gasteiger partial charge in [0.15, 0.2) is 0 Å². The number of likely N-dealkylation sites (tertiary alicyclic amines) is 1. The fourth-order valence-electron chi connectivity index (χ4n) is 4.23. The van der Waals surface area contributed by atoms with Crippen LogP contribution in [0.25, 0.3) is 0 Å². The summed E-state index contributed by atoms with van der Waals surface area (Å²) in [5, 5.41) is 2.88. The Morgan fingerprint density at radius 2 is 1.81 bits per heavy atom. The van der Waals surface area contributed by atoms with Crippen molar-refractivity contribution < 1.29 is 4.79 Å². The molecule has 2 aromatic rings. The van der Waals surface area contributed by atoms with Gasteiger partial charge in [-0.2, -0.15) is 0 Å². The van der Waals surface area contributed by atoms with Crippen LogP contribution in [0.2, 0.25) is 0 Å². The highest BCUT2D eigenvalue weighted by atomic mass is 16.2. The molecule has 0 spiro atoms. The van der Waals surface area contributed by atoms with E-state index in [1.807, 2.05) is 12.4 Å². The standard InChI is InChI=1S/C22H28N4O/c27-22-17-25(15-13-24-22)20-7-5-18(6-8-20)16-26-14-3-1-2-4-21(26)19-9-11-23-12-10-19/h5-12,21H,1-4,13-17H2,(H,24,27)/t21-/m0/s1. The molecule has 1 aromatic carbocycles. The van der Waals surface area contributed by atoms with E-state index in [9.17, 15) is 4.79 Å². The Bertz CT molecular complexity index is 747. The van der Waals surface area contributed by atoms with Gasteiger partial charge in [0.2, 0.25) is 5.91 Å². The van der Waals surface area contributed by atoms with Crippen molar-refractivity contribution in [3.8, 4) is 0 Å². The monoisotopic (exact) mass is 364 g/mol. The lowest BCUT2D eigenvalue weighted by Crippen LogP contribution is -2.47. The van der Waals surface area contributed by atoms with Crippen LogP contribution in [-0.2, 0) is 11.3 Å². The van der Waals surface area contributed by atoms with E-state index in [-0.39, 0.29) is 5.91 Å². The van der Waals surface area contributed by atoms with Gasteiger partial charge >= 0.3 is 0 Å². The fourth-order valence-corrected chi connectivity index (χ4v) is 4.23. The first kappa shape index (κ1) is 18.0. The maximum Gasteiger partial charge on any atom is 0.239 e. The summed E-state index contributed by atoms with van der Waals surface area (Å²) in [6, 6.07) is 13.6. The Balaban J connectivity index is 1.47. The first-order valence-corrected chi connectivity index (χ1v) is 10.0. The van der Waals surface area contributed by atoms with Gasteiger partial charge in [-0.1, -0.05) is 25.0 Å². The van der Waals surface area contributed by atoms with Gasteiger partial charge in [0.05, 0.1) is 6.54 Å². The lowest BCUT2D eigenvalue weighted by atomic mass is 10.0. The summed E-state index contributed by atoms with van der Waals surface area (Å²) in [6.45, 7) is 4.16. The van der Waals surface area contributed by atoms with Crippen LogP contribution in [-0.4, -0.2) is 42.0 Å². The number of nitrogens with zero attached hydrogens (tertiary/aromatic N) is 3. The van der Waals surface area contributed by atoms with Crippen molar-refractivity contribution in [1.29, 1.82) is 0 Å². The molecule has 1 aromatic heterocycles. The van der Waals surface area contributed by atoms with Gasteiger partial charge in [0.1, 0.15) is 0 Å². The van der Waals surface area contributed by atoms with E-state index >= 15 is 0 Å². The SMILES string of the molecule is O=C1CN(c2ccc(CN3CCCCC[C@H]3c3ccncc3)cc2)CCN1. The van der Waals surface area contributed by atoms with Crippen LogP contribution in [0.4, 0.5) is 5.69 Å². The van der Waals surface area contributed by atoms with Crippen molar-refractivity contribution >= 4 is 11.6 Å². The Kier molecular flexibility index (Phi) is 5.68. The van der Waals surface area contributed by atoms with Gasteiger partial charge in [-0.15, -0.1) is 0 Å². The van der Waals surface area contributed by atoms with E-state index in [1.165, 1.54) is 36.8 Å². The summed E-state index contributed by atoms with van der Waals surface area (Å²) in [5.41, 5.74) is 3.85. The number of carbonyl (C=O) groups is 1. The summed E-state index contributed by atoms with van der Waals surface area (Å²) in [7, 11) is 0. The molecule has 142 valence electrons. The van der Waals surface area contributed by atoms with Gasteiger partial charge < -0.3 is 10.2 Å². The van der Waals surface area contributed by atoms with Gasteiger partial charge in [-0.3, -0.25) is 14.7 Å². The molecule has 1 atom stereocenters. The second-order valence-corrected chi connectivity index (χ2v) is 7.55. The molecular formula is C22H28N4O. The highest BCUT2D eigenvalue weighted by Crippen LogP contribution is 2.31. The first-order valence-electron chi connectivity index (χ1n) is 10.0. The number of benzene rings is 1. The van der Waals surface area contributed by atoms with Gasteiger partial charge in [0, 0.05) is 43.8 Å². The van der Waals surface area contributed by atoms with Crippen LogP contribution in [0.15, 0.2) is 48.8 Å². The zero-order valence-electron chi connectivity index (χ0n) is 15.8. The lowest BCUT2D eigenvalue weighted by Gasteiger charge is -2.31. The van der Waals surface area contributed by atoms with E-state index in [2.05, 4.69) is 56.5 Å². The highest BCUT2D eigenvalue weighted by Gasteiger charge is 2.23. The molecule has 0 aliphatic carbocycles. The summed E-state index contributed by atoms with van der Waals surface area (Å²) >= 11 is 0. The zero-order valence-corrected chi connectivity index (χ0v) is 15.8. The largest absolute Gasteiger partial charge is 0.360 e. The third-order valence-corrected chi connectivity index (χ3v) is 5.68. The Hall–Kier alpha value is -2.40. The summed E-state index contributed by atoms with van der Waals surface area (Å²) in [4.78, 5) is 20.6. The minimum Gasteiger partial charge on any atom is -0.360 e. The lowest BCUT2D eigenvalue weighted by molar-refractivity contribution is -0.120. The minimum absolute atomic E-state index is 0.107. The Morgan fingerprint density at radius 3 is 2.59 bits per heavy atom. The molecule has 0 radical (unpaired) electrons. The van der Waals surface area contributed by atoms with Crippen LogP contribution >= 0.6 is 0 Å². The van der Waals surface area contributed by atoms with Crippen molar-refractivity contribution in [2.45, 2.75) is 38.3 Å². The molecule has 2 aliphatic rings. The molecule has 3 heterocycles. The zero-order chi connectivity index (χ0) is 18.5. The molecule has 2 fully saturated rings. The average Bonchev–Trinajstić information content (AvgIpc) is 2.95. The van der Waals surface area contributed by atoms with E-state index in [0.29, 0.717) is 12.6 Å². The minimum atomic E-state index is 0.107. The first-order chi connectivity index (χ1) is 13.3. The summed E-state index contributed by atoms with van der Waals surface area (Å²) < 4.78 is 0. The molecule has 2 saturated heterocycles. The predicted molar refractivity (Wildman–Crippen MR) is 108 cm³/mol. The van der Waals surface area contributed by atoms with Crippen molar-refractivity contribution in [3.05, 3.63) is 59.9 Å². The van der Waals surface area contributed by atoms with E-state index in [1.54, 1.807) is 0 Å². The third kappa shape index (κ3) is 4.48. The number of rotatable bonds is 4. The highest BCUT2D eigenvalue weighted by molar-refractivity contribution is 5.82. The van der Waals surface area contributed by atoms with Crippen molar-refractivity contribution in [2.75, 3.05) is 31.1 Å². The van der Waals surface area contributed by atoms with Crippen LogP contribution in [0.3, 0.4) is 0 Å². The van der Waals surface area contributed by atoms with Crippen LogP contribution < -0.4 is 10.2 Å². The number of nitrogens with one attached hydrogen (secondary N) is 1. The normalized spacial score (nSPS) is 21.6. The van der Waals surface area contributed by atoms with Crippen molar-refractivity contribution in [2.24, 2.45) is 0 Å². The van der Waals surface area contributed by atoms with Gasteiger partial charge in [-0.25, -0.2) is 0 Å². The molecular weight excluding hydrogens is 336 g/mol. The topological polar surface area (TPSA) is 48.5 Å². The molecule has 2 aliphatic heterocycles. The van der Waals surface area contributed by atoms with Crippen LogP contribution in [0.1, 0.15) is 42.9 Å². The molecule has 5 nitrogen and oxygen atoms in total. The number of amides is 1. The van der Waals surface area contributed by atoms with Crippen molar-refractivity contribution in [1.82, 2.24) is 15.2 Å². The molecule has 4 rings (SSSR count). The number of hydrogen-bond donors (Lipinski definition) is 1. The maximum atomic E-state index is 11.6. The number of aromatic nitrogens is 1. The van der Waals surface area contributed by atoms with Crippen LogP contribution in [0, 0.1) is 0 Å². The van der Waals surface area contributed by atoms with Crippen molar-refractivity contribution in [3.63, 3.8) is 0 Å². The van der Waals surface area contributed by atoms with Gasteiger partial charge in [0.25, 0.3) is 0 Å². The number of piperazine rings is 1. The number of hydrogen-bond acceptors (Lipinski definition) is 4. The molecule has 0 unspecified atom stereocenters. The molecule has 5 heteroatoms. The maximum absolute atomic E-state index is 11.6. The average molecular weight is 364 g/mol. The van der Waals surface area contributed by atoms with E-state index < -0.39 is 0 Å². The Morgan fingerprint density at radius 1 is 1.00 bits per heavy atom. The molecule has 27 heavy (non-hydrogen) atoms. The van der Waals surface area contributed by atoms with E-state index in [0.717, 1.165) is 31.9 Å². The number of pyridine rings is 1. The third-order valence-electron chi connectivity index (χ3n) is 5.68. The van der Waals surface area contributed by atoms with E-state index in [4.69, 9.17) is 0 Å². The molecule has 1 N–H and O–H groups in total. The molecule has 0 bridgehead atoms. The summed E-state index contributed by atoms with van der Waals surface area (Å²) in [6.07, 6.45) is 8.89. The fraction of sp³-hybridized carbons (Fsp3) is 0.455. The molecule has 1 amide bonds. The van der Waals surface area contributed by atoms with Gasteiger partial charge in [-0.05, 0) is 54.8 Å².